The van der Waals surface area contributed by atoms with Crippen molar-refractivity contribution in [1.29, 1.82) is 0 Å². The molecular formula is C19H14N2O4. The normalized spacial score (nSPS) is 10.9. The highest BCUT2D eigenvalue weighted by atomic mass is 16.6. The highest BCUT2D eigenvalue weighted by Crippen LogP contribution is 2.37. The van der Waals surface area contributed by atoms with E-state index in [4.69, 9.17) is 0 Å². The summed E-state index contributed by atoms with van der Waals surface area (Å²) < 4.78 is 0. The molecule has 0 spiro atoms. The van der Waals surface area contributed by atoms with E-state index < -0.39 is 4.92 Å². The van der Waals surface area contributed by atoms with Gasteiger partial charge in [0, 0.05) is 24.3 Å². The first-order chi connectivity index (χ1) is 12.1. The van der Waals surface area contributed by atoms with Crippen molar-refractivity contribution in [3.05, 3.63) is 104 Å². The first-order valence-electron chi connectivity index (χ1n) is 7.61. The van der Waals surface area contributed by atoms with Gasteiger partial charge in [-0.2, -0.15) is 0 Å². The molecule has 0 bridgehead atoms. The van der Waals surface area contributed by atoms with Crippen LogP contribution in [0.2, 0.25) is 0 Å². The van der Waals surface area contributed by atoms with Gasteiger partial charge < -0.3 is 0 Å². The van der Waals surface area contributed by atoms with Crippen LogP contribution >= 0.6 is 0 Å². The Morgan fingerprint density at radius 3 is 1.88 bits per heavy atom. The van der Waals surface area contributed by atoms with E-state index in [1.54, 1.807) is 30.3 Å². The summed E-state index contributed by atoms with van der Waals surface area (Å²) in [7, 11) is 0. The van der Waals surface area contributed by atoms with Gasteiger partial charge in [-0.3, -0.25) is 20.2 Å². The summed E-state index contributed by atoms with van der Waals surface area (Å²) in [5.41, 5.74) is 4.94. The molecule has 1 aliphatic carbocycles. The summed E-state index contributed by atoms with van der Waals surface area (Å²) >= 11 is 0. The standard InChI is InChI=1S/C13H9NO2.C6H5NO2/c15-14(16)11-5-6-13-10(8-11)7-9-3-1-2-4-12(9)13;8-7(9)6-4-2-1-3-5-6/h1-6,8H,7H2;1-5H. The molecule has 4 rings (SSSR count). The molecule has 25 heavy (non-hydrogen) atoms. The largest absolute Gasteiger partial charge is 0.269 e. The minimum atomic E-state index is -0.417. The van der Waals surface area contributed by atoms with Crippen molar-refractivity contribution in [3.63, 3.8) is 0 Å². The summed E-state index contributed by atoms with van der Waals surface area (Å²) in [5.74, 6) is 0. The van der Waals surface area contributed by atoms with E-state index in [0.717, 1.165) is 17.5 Å². The van der Waals surface area contributed by atoms with Crippen LogP contribution in [0.15, 0.2) is 72.8 Å². The average molecular weight is 334 g/mol. The highest BCUT2D eigenvalue weighted by molar-refractivity contribution is 5.77. The molecule has 0 radical (unpaired) electrons. The second-order valence-electron chi connectivity index (χ2n) is 5.53. The van der Waals surface area contributed by atoms with Crippen molar-refractivity contribution in [1.82, 2.24) is 0 Å². The quantitative estimate of drug-likeness (QED) is 0.390. The van der Waals surface area contributed by atoms with Gasteiger partial charge in [-0.1, -0.05) is 42.5 Å². The summed E-state index contributed by atoms with van der Waals surface area (Å²) in [4.78, 5) is 19.9. The molecule has 0 aliphatic heterocycles. The van der Waals surface area contributed by atoms with E-state index in [2.05, 4.69) is 12.1 Å². The minimum Gasteiger partial charge on any atom is -0.258 e. The fourth-order valence-electron chi connectivity index (χ4n) is 2.79. The van der Waals surface area contributed by atoms with E-state index >= 15 is 0 Å². The number of nitro groups is 2. The van der Waals surface area contributed by atoms with Gasteiger partial charge >= 0.3 is 0 Å². The second-order valence-corrected chi connectivity index (χ2v) is 5.53. The third kappa shape index (κ3) is 3.53. The number of benzene rings is 3. The fraction of sp³-hybridized carbons (Fsp3) is 0.0526. The third-order valence-electron chi connectivity index (χ3n) is 3.96. The summed E-state index contributed by atoms with van der Waals surface area (Å²) in [5, 5.41) is 20.7. The lowest BCUT2D eigenvalue weighted by molar-refractivity contribution is -0.385. The summed E-state index contributed by atoms with van der Waals surface area (Å²) in [6.45, 7) is 0. The molecule has 1 aliphatic rings. The maximum absolute atomic E-state index is 10.7. The number of nitro benzene ring substituents is 2. The molecule has 0 fully saturated rings. The van der Waals surface area contributed by atoms with Gasteiger partial charge in [0.15, 0.2) is 0 Å². The molecule has 124 valence electrons. The lowest BCUT2D eigenvalue weighted by Gasteiger charge is -1.99. The Balaban J connectivity index is 0.000000173. The maximum atomic E-state index is 10.7. The van der Waals surface area contributed by atoms with Crippen molar-refractivity contribution in [2.24, 2.45) is 0 Å². The minimum absolute atomic E-state index is 0.137. The predicted molar refractivity (Wildman–Crippen MR) is 94.4 cm³/mol. The van der Waals surface area contributed by atoms with Crippen LogP contribution in [0, 0.1) is 20.2 Å². The molecule has 0 saturated carbocycles. The lowest BCUT2D eigenvalue weighted by atomic mass is 10.1. The number of rotatable bonds is 2. The molecular weight excluding hydrogens is 320 g/mol. The predicted octanol–water partition coefficient (Wildman–Crippen LogP) is 4.76. The number of hydrogen-bond donors (Lipinski definition) is 0. The first-order valence-corrected chi connectivity index (χ1v) is 7.61. The topological polar surface area (TPSA) is 86.3 Å². The summed E-state index contributed by atoms with van der Waals surface area (Å²) in [6.07, 6.45) is 0.799. The molecule has 0 unspecified atom stereocenters. The zero-order chi connectivity index (χ0) is 17.8. The number of para-hydroxylation sites is 1. The molecule has 0 heterocycles. The first kappa shape index (κ1) is 16.3. The van der Waals surface area contributed by atoms with Crippen LogP contribution in [0.1, 0.15) is 11.1 Å². The van der Waals surface area contributed by atoms with Gasteiger partial charge in [0.25, 0.3) is 11.4 Å². The zero-order valence-electron chi connectivity index (χ0n) is 13.2. The average Bonchev–Trinajstić information content (AvgIpc) is 3.00. The van der Waals surface area contributed by atoms with Crippen LogP contribution < -0.4 is 0 Å². The number of non-ortho nitro benzene ring substituents is 2. The van der Waals surface area contributed by atoms with E-state index in [1.807, 2.05) is 18.2 Å². The SMILES string of the molecule is O=[N+]([O-])c1ccc2c(c1)Cc1ccccc1-2.O=[N+]([O-])c1ccccc1. The van der Waals surface area contributed by atoms with Crippen LogP contribution in [0.4, 0.5) is 11.4 Å². The molecule has 0 amide bonds. The van der Waals surface area contributed by atoms with E-state index in [9.17, 15) is 20.2 Å². The monoisotopic (exact) mass is 334 g/mol. The Bertz CT molecular complexity index is 939. The zero-order valence-corrected chi connectivity index (χ0v) is 13.2. The van der Waals surface area contributed by atoms with Crippen molar-refractivity contribution in [3.8, 4) is 11.1 Å². The van der Waals surface area contributed by atoms with Gasteiger partial charge in [-0.15, -0.1) is 0 Å². The van der Waals surface area contributed by atoms with E-state index in [1.165, 1.54) is 23.3 Å². The molecule has 3 aromatic carbocycles. The van der Waals surface area contributed by atoms with Crippen molar-refractivity contribution in [2.45, 2.75) is 6.42 Å². The summed E-state index contributed by atoms with van der Waals surface area (Å²) in [6, 6.07) is 21.2. The number of fused-ring (bicyclic) bond motifs is 3. The number of hydrogen-bond acceptors (Lipinski definition) is 4. The van der Waals surface area contributed by atoms with Gasteiger partial charge in [0.05, 0.1) is 9.85 Å². The molecule has 0 saturated heterocycles. The molecule has 3 aromatic rings. The maximum Gasteiger partial charge on any atom is 0.269 e. The second kappa shape index (κ2) is 6.92. The highest BCUT2D eigenvalue weighted by Gasteiger charge is 2.20. The van der Waals surface area contributed by atoms with Crippen LogP contribution in [0.3, 0.4) is 0 Å². The molecule has 0 aromatic heterocycles. The van der Waals surface area contributed by atoms with Crippen LogP contribution in [-0.4, -0.2) is 9.85 Å². The molecule has 6 nitrogen and oxygen atoms in total. The van der Waals surface area contributed by atoms with E-state index in [0.29, 0.717) is 0 Å². The van der Waals surface area contributed by atoms with Crippen LogP contribution in [0.5, 0.6) is 0 Å². The molecule has 0 N–H and O–H groups in total. The Kier molecular flexibility index (Phi) is 4.52. The smallest absolute Gasteiger partial charge is 0.258 e. The van der Waals surface area contributed by atoms with Crippen LogP contribution in [0.25, 0.3) is 11.1 Å². The van der Waals surface area contributed by atoms with E-state index in [-0.39, 0.29) is 16.3 Å². The number of nitrogens with zero attached hydrogens (tertiary/aromatic N) is 2. The van der Waals surface area contributed by atoms with Gasteiger partial charge in [-0.25, -0.2) is 0 Å². The fourth-order valence-corrected chi connectivity index (χ4v) is 2.79. The molecule has 6 heteroatoms. The van der Waals surface area contributed by atoms with Crippen LogP contribution in [-0.2, 0) is 6.42 Å². The molecule has 0 atom stereocenters. The van der Waals surface area contributed by atoms with Crippen molar-refractivity contribution < 1.29 is 9.85 Å². The van der Waals surface area contributed by atoms with Crippen molar-refractivity contribution >= 4 is 11.4 Å². The Morgan fingerprint density at radius 2 is 1.24 bits per heavy atom. The van der Waals surface area contributed by atoms with Crippen molar-refractivity contribution in [2.75, 3.05) is 0 Å². The third-order valence-corrected chi connectivity index (χ3v) is 3.96. The Labute approximate surface area is 143 Å². The lowest BCUT2D eigenvalue weighted by Crippen LogP contribution is -1.89. The Hall–Kier alpha value is -3.54. The van der Waals surface area contributed by atoms with Gasteiger partial charge in [0.2, 0.25) is 0 Å². The Morgan fingerprint density at radius 1 is 0.640 bits per heavy atom. The van der Waals surface area contributed by atoms with Gasteiger partial charge in [-0.05, 0) is 34.7 Å². The van der Waals surface area contributed by atoms with Gasteiger partial charge in [0.1, 0.15) is 0 Å².